The lowest BCUT2D eigenvalue weighted by Gasteiger charge is -2.26. The van der Waals surface area contributed by atoms with Gasteiger partial charge in [-0.3, -0.25) is 4.79 Å². The van der Waals surface area contributed by atoms with Crippen LogP contribution in [0.1, 0.15) is 122 Å². The van der Waals surface area contributed by atoms with Gasteiger partial charge in [0.25, 0.3) is 0 Å². The Bertz CT molecular complexity index is 342. The predicted molar refractivity (Wildman–Crippen MR) is 112 cm³/mol. The first-order valence-corrected chi connectivity index (χ1v) is 12.4. The molecule has 0 aromatic rings. The van der Waals surface area contributed by atoms with Crippen molar-refractivity contribution >= 4 is 17.5 Å². The number of hydrogen-bond donors (Lipinski definition) is 0. The summed E-state index contributed by atoms with van der Waals surface area (Å²) in [6, 6.07) is 0. The summed E-state index contributed by atoms with van der Waals surface area (Å²) in [5, 5.41) is 1.64. The van der Waals surface area contributed by atoms with Gasteiger partial charge in [0.05, 0.1) is 0 Å². The third-order valence-corrected chi connectivity index (χ3v) is 7.90. The van der Waals surface area contributed by atoms with Crippen molar-refractivity contribution in [1.29, 1.82) is 0 Å². The van der Waals surface area contributed by atoms with E-state index < -0.39 is 0 Å². The minimum Gasteiger partial charge on any atom is -0.299 e. The Morgan fingerprint density at radius 1 is 0.720 bits per heavy atom. The zero-order chi connectivity index (χ0) is 17.7. The highest BCUT2D eigenvalue weighted by Crippen LogP contribution is 2.46. The Hall–Kier alpha value is 0.0200. The number of carbonyl (C=O) groups is 1. The van der Waals surface area contributed by atoms with Crippen molar-refractivity contribution in [2.45, 2.75) is 133 Å². The van der Waals surface area contributed by atoms with E-state index in [1.54, 1.807) is 0 Å². The van der Waals surface area contributed by atoms with E-state index in [1.165, 1.54) is 103 Å². The third kappa shape index (κ3) is 8.98. The SMILES string of the molecule is CCCCCCCCCCCCCCCC(=O)C1CC2CCC(C1)S2. The molecule has 0 aliphatic carbocycles. The summed E-state index contributed by atoms with van der Waals surface area (Å²) in [6.45, 7) is 2.29. The maximum absolute atomic E-state index is 12.4. The first kappa shape index (κ1) is 21.3. The van der Waals surface area contributed by atoms with E-state index in [4.69, 9.17) is 0 Å². The maximum atomic E-state index is 12.4. The summed E-state index contributed by atoms with van der Waals surface area (Å²) < 4.78 is 0. The number of rotatable bonds is 15. The van der Waals surface area contributed by atoms with Gasteiger partial charge < -0.3 is 0 Å². The summed E-state index contributed by atoms with van der Waals surface area (Å²) in [5.74, 6) is 1.02. The molecule has 2 unspecified atom stereocenters. The van der Waals surface area contributed by atoms with Crippen molar-refractivity contribution in [3.63, 3.8) is 0 Å². The minimum atomic E-state index is 0.427. The van der Waals surface area contributed by atoms with Crippen LogP contribution in [-0.4, -0.2) is 16.3 Å². The lowest BCUT2D eigenvalue weighted by atomic mass is 9.91. The molecule has 0 spiro atoms. The number of ketones is 1. The number of carbonyl (C=O) groups excluding carboxylic acids is 1. The van der Waals surface area contributed by atoms with E-state index in [0.29, 0.717) is 11.7 Å². The highest BCUT2D eigenvalue weighted by atomic mass is 32.2. The van der Waals surface area contributed by atoms with Crippen LogP contribution in [0.4, 0.5) is 0 Å². The first-order valence-electron chi connectivity index (χ1n) is 11.5. The quantitative estimate of drug-likeness (QED) is 0.276. The van der Waals surface area contributed by atoms with Crippen molar-refractivity contribution in [2.24, 2.45) is 5.92 Å². The summed E-state index contributed by atoms with van der Waals surface area (Å²) in [4.78, 5) is 12.4. The smallest absolute Gasteiger partial charge is 0.136 e. The molecule has 146 valence electrons. The minimum absolute atomic E-state index is 0.427. The Kier molecular flexibility index (Phi) is 11.3. The van der Waals surface area contributed by atoms with Crippen molar-refractivity contribution in [3.8, 4) is 0 Å². The molecule has 2 rings (SSSR count). The van der Waals surface area contributed by atoms with Crippen LogP contribution >= 0.6 is 11.8 Å². The standard InChI is InChI=1S/C23H42OS/c1-2-3-4-5-6-7-8-9-10-11-12-13-14-15-23(24)20-18-21-16-17-22(19-20)25-21/h20-22H,2-19H2,1H3. The molecule has 2 saturated heterocycles. The zero-order valence-corrected chi connectivity index (χ0v) is 17.6. The van der Waals surface area contributed by atoms with Gasteiger partial charge in [0, 0.05) is 22.8 Å². The Balaban J connectivity index is 1.33. The van der Waals surface area contributed by atoms with E-state index in [9.17, 15) is 4.79 Å². The van der Waals surface area contributed by atoms with Crippen LogP contribution in [0, 0.1) is 5.92 Å². The Morgan fingerprint density at radius 3 is 1.64 bits per heavy atom. The molecule has 0 radical (unpaired) electrons. The van der Waals surface area contributed by atoms with E-state index in [2.05, 4.69) is 18.7 Å². The second kappa shape index (κ2) is 13.2. The van der Waals surface area contributed by atoms with E-state index in [0.717, 1.165) is 23.3 Å². The Labute approximate surface area is 161 Å². The van der Waals surface area contributed by atoms with Crippen LogP contribution in [0.5, 0.6) is 0 Å². The fraction of sp³-hybridized carbons (Fsp3) is 0.957. The molecule has 2 atom stereocenters. The lowest BCUT2D eigenvalue weighted by molar-refractivity contribution is -0.123. The van der Waals surface area contributed by atoms with Gasteiger partial charge in [0.1, 0.15) is 5.78 Å². The van der Waals surface area contributed by atoms with Gasteiger partial charge in [-0.15, -0.1) is 0 Å². The second-order valence-electron chi connectivity index (χ2n) is 8.58. The predicted octanol–water partition coefficient (Wildman–Crippen LogP) is 7.71. The Morgan fingerprint density at radius 2 is 1.16 bits per heavy atom. The van der Waals surface area contributed by atoms with E-state index in [1.807, 2.05) is 0 Å². The molecule has 2 bridgehead atoms. The van der Waals surface area contributed by atoms with Crippen LogP contribution in [0.25, 0.3) is 0 Å². The molecule has 2 aliphatic rings. The molecule has 1 nitrogen and oxygen atoms in total. The second-order valence-corrected chi connectivity index (χ2v) is 10.2. The fourth-order valence-corrected chi connectivity index (χ4v) is 6.42. The van der Waals surface area contributed by atoms with E-state index in [-0.39, 0.29) is 0 Å². The molecule has 0 saturated carbocycles. The topological polar surface area (TPSA) is 17.1 Å². The average molecular weight is 367 g/mol. The highest BCUT2D eigenvalue weighted by Gasteiger charge is 2.37. The van der Waals surface area contributed by atoms with Crippen molar-refractivity contribution in [2.75, 3.05) is 0 Å². The summed E-state index contributed by atoms with van der Waals surface area (Å²) >= 11 is 2.17. The number of hydrogen-bond acceptors (Lipinski definition) is 2. The van der Waals surface area contributed by atoms with Gasteiger partial charge in [-0.05, 0) is 32.1 Å². The summed E-state index contributed by atoms with van der Waals surface area (Å²) in [7, 11) is 0. The number of thioether (sulfide) groups is 1. The van der Waals surface area contributed by atoms with Crippen LogP contribution in [0.2, 0.25) is 0 Å². The number of unbranched alkanes of at least 4 members (excludes halogenated alkanes) is 12. The first-order chi connectivity index (χ1) is 12.3. The van der Waals surface area contributed by atoms with Gasteiger partial charge in [-0.25, -0.2) is 0 Å². The molecule has 2 heteroatoms. The molecule has 0 aromatic heterocycles. The number of fused-ring (bicyclic) bond motifs is 2. The fourth-order valence-electron chi connectivity index (χ4n) is 4.64. The van der Waals surface area contributed by atoms with Crippen molar-refractivity contribution in [1.82, 2.24) is 0 Å². The maximum Gasteiger partial charge on any atom is 0.136 e. The molecule has 0 amide bonds. The summed E-state index contributed by atoms with van der Waals surface area (Å²) in [6.07, 6.45) is 24.0. The molecule has 0 aromatic carbocycles. The van der Waals surface area contributed by atoms with Crippen LogP contribution in [0.15, 0.2) is 0 Å². The molecular weight excluding hydrogens is 324 g/mol. The molecule has 25 heavy (non-hydrogen) atoms. The molecule has 2 aliphatic heterocycles. The van der Waals surface area contributed by atoms with Crippen LogP contribution in [-0.2, 0) is 4.79 Å². The van der Waals surface area contributed by atoms with Gasteiger partial charge in [0.2, 0.25) is 0 Å². The normalized spacial score (nSPS) is 25.4. The van der Waals surface area contributed by atoms with Gasteiger partial charge in [0.15, 0.2) is 0 Å². The molecular formula is C23H42OS. The van der Waals surface area contributed by atoms with Gasteiger partial charge >= 0.3 is 0 Å². The van der Waals surface area contributed by atoms with Crippen LogP contribution in [0.3, 0.4) is 0 Å². The molecule has 2 heterocycles. The highest BCUT2D eigenvalue weighted by molar-refractivity contribution is 8.00. The largest absolute Gasteiger partial charge is 0.299 e. The molecule has 2 fully saturated rings. The van der Waals surface area contributed by atoms with E-state index >= 15 is 0 Å². The van der Waals surface area contributed by atoms with Crippen molar-refractivity contribution < 1.29 is 4.79 Å². The molecule has 0 N–H and O–H groups in total. The van der Waals surface area contributed by atoms with Crippen LogP contribution < -0.4 is 0 Å². The summed E-state index contributed by atoms with van der Waals surface area (Å²) in [5.41, 5.74) is 0. The van der Waals surface area contributed by atoms with Gasteiger partial charge in [-0.2, -0.15) is 11.8 Å². The number of Topliss-reactive ketones (excluding diaryl/α,β-unsaturated/α-hetero) is 1. The average Bonchev–Trinajstić information content (AvgIpc) is 2.96. The lowest BCUT2D eigenvalue weighted by Crippen LogP contribution is -2.24. The van der Waals surface area contributed by atoms with Gasteiger partial charge in [-0.1, -0.05) is 84.0 Å². The monoisotopic (exact) mass is 366 g/mol. The zero-order valence-electron chi connectivity index (χ0n) is 16.8. The third-order valence-electron chi connectivity index (χ3n) is 6.27. The van der Waals surface area contributed by atoms with Crippen molar-refractivity contribution in [3.05, 3.63) is 0 Å².